The predicted molar refractivity (Wildman–Crippen MR) is 81.8 cm³/mol. The van der Waals surface area contributed by atoms with Crippen molar-refractivity contribution in [1.29, 1.82) is 0 Å². The van der Waals surface area contributed by atoms with Gasteiger partial charge in [0.1, 0.15) is 5.82 Å². The molecule has 1 aromatic carbocycles. The van der Waals surface area contributed by atoms with Crippen LogP contribution in [-0.4, -0.2) is 20.5 Å². The molecule has 102 valence electrons. The van der Waals surface area contributed by atoms with E-state index in [0.29, 0.717) is 5.92 Å². The smallest absolute Gasteiger partial charge is 0.150 e. The fourth-order valence-corrected chi connectivity index (χ4v) is 2.51. The van der Waals surface area contributed by atoms with Gasteiger partial charge in [-0.15, -0.1) is 0 Å². The summed E-state index contributed by atoms with van der Waals surface area (Å²) in [6.45, 7) is 5.06. The molecule has 1 aromatic heterocycles. The number of hydrogen-bond acceptors (Lipinski definition) is 3. The van der Waals surface area contributed by atoms with E-state index in [2.05, 4.69) is 60.8 Å². The van der Waals surface area contributed by atoms with Crippen molar-refractivity contribution in [2.24, 2.45) is 0 Å². The van der Waals surface area contributed by atoms with Gasteiger partial charge in [-0.05, 0) is 11.3 Å². The van der Waals surface area contributed by atoms with Crippen molar-refractivity contribution in [3.05, 3.63) is 47.5 Å². The van der Waals surface area contributed by atoms with E-state index in [9.17, 15) is 0 Å². The summed E-state index contributed by atoms with van der Waals surface area (Å²) >= 11 is 4.49. The van der Waals surface area contributed by atoms with Crippen LogP contribution in [0.2, 0.25) is 0 Å². The monoisotopic (exact) mass is 275 g/mol. The van der Waals surface area contributed by atoms with E-state index >= 15 is 0 Å². The summed E-state index contributed by atoms with van der Waals surface area (Å²) < 4.78 is 2.05. The van der Waals surface area contributed by atoms with Gasteiger partial charge in [0.25, 0.3) is 0 Å². The molecule has 1 atom stereocenters. The minimum absolute atomic E-state index is 0.376. The molecule has 1 unspecified atom stereocenters. The topological polar surface area (TPSA) is 30.7 Å². The number of thiol groups is 1. The first-order valence-electron chi connectivity index (χ1n) is 6.86. The van der Waals surface area contributed by atoms with Crippen LogP contribution in [0.1, 0.15) is 37.0 Å². The molecular weight excluding hydrogens is 254 g/mol. The Labute approximate surface area is 120 Å². The van der Waals surface area contributed by atoms with Gasteiger partial charge in [-0.3, -0.25) is 0 Å². The van der Waals surface area contributed by atoms with E-state index in [4.69, 9.17) is 0 Å². The molecule has 0 amide bonds. The average molecular weight is 275 g/mol. The lowest BCUT2D eigenvalue weighted by molar-refractivity contribution is 0.523. The Morgan fingerprint density at radius 3 is 2.47 bits per heavy atom. The summed E-state index contributed by atoms with van der Waals surface area (Å²) in [6.07, 6.45) is 1.80. The molecule has 0 saturated heterocycles. The molecule has 4 heteroatoms. The van der Waals surface area contributed by atoms with Gasteiger partial charge in [-0.1, -0.05) is 44.2 Å². The average Bonchev–Trinajstić information content (AvgIpc) is 2.87. The molecular formula is C15H21N3S. The van der Waals surface area contributed by atoms with E-state index in [1.165, 1.54) is 5.56 Å². The van der Waals surface area contributed by atoms with Gasteiger partial charge in [0.05, 0.1) is 6.54 Å². The van der Waals surface area contributed by atoms with Crippen LogP contribution in [0.25, 0.3) is 0 Å². The third-order valence-electron chi connectivity index (χ3n) is 3.31. The van der Waals surface area contributed by atoms with Crippen LogP contribution in [0.5, 0.6) is 0 Å². The largest absolute Gasteiger partial charge is 0.249 e. The molecule has 0 aliphatic heterocycles. The number of rotatable bonds is 6. The fourth-order valence-electron chi connectivity index (χ4n) is 2.19. The molecule has 0 spiro atoms. The number of nitrogens with zero attached hydrogens (tertiary/aromatic N) is 3. The number of hydrogen-bond donors (Lipinski definition) is 1. The van der Waals surface area contributed by atoms with Crippen molar-refractivity contribution >= 4 is 12.6 Å². The van der Waals surface area contributed by atoms with Crippen molar-refractivity contribution in [3.63, 3.8) is 0 Å². The van der Waals surface area contributed by atoms with Crippen molar-refractivity contribution in [1.82, 2.24) is 14.8 Å². The zero-order chi connectivity index (χ0) is 13.7. The standard InChI is InChI=1S/C15H21N3S/c1-3-14-16-15(4-2)18(17-14)10-13(11-19)12-8-6-5-7-9-12/h5-9,13,19H,3-4,10-11H2,1-2H3. The van der Waals surface area contributed by atoms with Crippen LogP contribution in [0.3, 0.4) is 0 Å². The number of benzene rings is 1. The van der Waals surface area contributed by atoms with Crippen molar-refractivity contribution in [2.45, 2.75) is 39.2 Å². The second kappa shape index (κ2) is 6.75. The predicted octanol–water partition coefficient (Wildman–Crippen LogP) is 3.12. The van der Waals surface area contributed by atoms with E-state index in [1.807, 2.05) is 10.7 Å². The summed E-state index contributed by atoms with van der Waals surface area (Å²) in [6, 6.07) is 10.5. The van der Waals surface area contributed by atoms with Gasteiger partial charge >= 0.3 is 0 Å². The van der Waals surface area contributed by atoms with Crippen molar-refractivity contribution in [3.8, 4) is 0 Å². The molecule has 0 radical (unpaired) electrons. The first-order chi connectivity index (χ1) is 9.28. The second-order valence-electron chi connectivity index (χ2n) is 4.62. The van der Waals surface area contributed by atoms with E-state index in [0.717, 1.165) is 36.8 Å². The van der Waals surface area contributed by atoms with E-state index in [1.54, 1.807) is 0 Å². The minimum Gasteiger partial charge on any atom is -0.249 e. The van der Waals surface area contributed by atoms with Gasteiger partial charge < -0.3 is 0 Å². The fraction of sp³-hybridized carbons (Fsp3) is 0.467. The molecule has 0 aliphatic rings. The molecule has 1 heterocycles. The highest BCUT2D eigenvalue weighted by Gasteiger charge is 2.14. The van der Waals surface area contributed by atoms with Crippen molar-refractivity contribution in [2.75, 3.05) is 5.75 Å². The summed E-state index contributed by atoms with van der Waals surface area (Å²) in [5, 5.41) is 4.58. The van der Waals surface area contributed by atoms with Gasteiger partial charge in [-0.25, -0.2) is 9.67 Å². The summed E-state index contributed by atoms with van der Waals surface area (Å²) in [5.41, 5.74) is 1.31. The number of aromatic nitrogens is 3. The van der Waals surface area contributed by atoms with Gasteiger partial charge in [-0.2, -0.15) is 17.7 Å². The van der Waals surface area contributed by atoms with E-state index in [-0.39, 0.29) is 0 Å². The molecule has 2 rings (SSSR count). The maximum Gasteiger partial charge on any atom is 0.150 e. The van der Waals surface area contributed by atoms with Crippen molar-refractivity contribution < 1.29 is 0 Å². The molecule has 3 nitrogen and oxygen atoms in total. The lowest BCUT2D eigenvalue weighted by Crippen LogP contribution is -2.14. The normalized spacial score (nSPS) is 12.6. The maximum absolute atomic E-state index is 4.58. The summed E-state index contributed by atoms with van der Waals surface area (Å²) in [7, 11) is 0. The Bertz CT molecular complexity index is 507. The molecule has 0 aliphatic carbocycles. The summed E-state index contributed by atoms with van der Waals surface area (Å²) in [5.74, 6) is 3.19. The molecule has 2 aromatic rings. The van der Waals surface area contributed by atoms with E-state index < -0.39 is 0 Å². The third-order valence-corrected chi connectivity index (χ3v) is 3.75. The highest BCUT2D eigenvalue weighted by Crippen LogP contribution is 2.19. The lowest BCUT2D eigenvalue weighted by atomic mass is 10.0. The van der Waals surface area contributed by atoms with Crippen LogP contribution in [0.15, 0.2) is 30.3 Å². The first kappa shape index (κ1) is 14.1. The first-order valence-corrected chi connectivity index (χ1v) is 7.50. The molecule has 0 bridgehead atoms. The quantitative estimate of drug-likeness (QED) is 0.821. The Morgan fingerprint density at radius 1 is 1.16 bits per heavy atom. The van der Waals surface area contributed by atoms with Crippen LogP contribution >= 0.6 is 12.6 Å². The Hall–Kier alpha value is -1.29. The lowest BCUT2D eigenvalue weighted by Gasteiger charge is -2.15. The van der Waals surface area contributed by atoms with Crippen LogP contribution < -0.4 is 0 Å². The molecule has 0 N–H and O–H groups in total. The third kappa shape index (κ3) is 3.38. The maximum atomic E-state index is 4.58. The summed E-state index contributed by atoms with van der Waals surface area (Å²) in [4.78, 5) is 4.56. The zero-order valence-corrected chi connectivity index (χ0v) is 12.5. The zero-order valence-electron chi connectivity index (χ0n) is 11.6. The Balaban J connectivity index is 2.21. The minimum atomic E-state index is 0.376. The second-order valence-corrected chi connectivity index (χ2v) is 4.99. The van der Waals surface area contributed by atoms with Crippen LogP contribution in [0.4, 0.5) is 0 Å². The Kier molecular flexibility index (Phi) is 5.02. The SMILES string of the molecule is CCc1nc(CC)n(CC(CS)c2ccccc2)n1. The highest BCUT2D eigenvalue weighted by atomic mass is 32.1. The number of aryl methyl sites for hydroxylation is 2. The van der Waals surface area contributed by atoms with Gasteiger partial charge in [0.15, 0.2) is 5.82 Å². The van der Waals surface area contributed by atoms with Crippen LogP contribution in [-0.2, 0) is 19.4 Å². The molecule has 0 fully saturated rings. The molecule has 0 saturated carbocycles. The highest BCUT2D eigenvalue weighted by molar-refractivity contribution is 7.80. The van der Waals surface area contributed by atoms with Gasteiger partial charge in [0.2, 0.25) is 0 Å². The molecule has 19 heavy (non-hydrogen) atoms. The Morgan fingerprint density at radius 2 is 1.89 bits per heavy atom. The van der Waals surface area contributed by atoms with Crippen LogP contribution in [0, 0.1) is 0 Å². The van der Waals surface area contributed by atoms with Gasteiger partial charge in [0, 0.05) is 18.8 Å².